The molecule has 0 aliphatic rings. The van der Waals surface area contributed by atoms with E-state index < -0.39 is 10.8 Å². The maximum atomic E-state index is 13.2. The van der Waals surface area contributed by atoms with Gasteiger partial charge in [0.25, 0.3) is 17.2 Å². The number of hydrogen-bond acceptors (Lipinski definition) is 7. The molecule has 0 fully saturated rings. The van der Waals surface area contributed by atoms with Crippen LogP contribution in [-0.2, 0) is 4.79 Å². The average Bonchev–Trinajstić information content (AvgIpc) is 2.88. The van der Waals surface area contributed by atoms with Gasteiger partial charge < -0.3 is 0 Å². The predicted octanol–water partition coefficient (Wildman–Crippen LogP) is 4.85. The smallest absolute Gasteiger partial charge is 0.272 e. The summed E-state index contributed by atoms with van der Waals surface area (Å²) < 4.78 is 1.44. The Bertz CT molecular complexity index is 1550. The van der Waals surface area contributed by atoms with Gasteiger partial charge in [-0.25, -0.2) is 10.4 Å². The summed E-state index contributed by atoms with van der Waals surface area (Å²) in [4.78, 5) is 40.7. The molecular formula is C25H18ClN5O4S. The van der Waals surface area contributed by atoms with Crippen molar-refractivity contribution >= 4 is 58.2 Å². The summed E-state index contributed by atoms with van der Waals surface area (Å²) in [6, 6.07) is 20.0. The first-order valence-electron chi connectivity index (χ1n) is 10.6. The molecule has 0 atom stereocenters. The zero-order chi connectivity index (χ0) is 25.5. The van der Waals surface area contributed by atoms with Crippen molar-refractivity contribution in [2.45, 2.75) is 5.16 Å². The standard InChI is InChI=1S/C25H18ClN5O4S/c26-18-11-13-19(14-12-18)30-24(33)20-8-2-3-9-21(20)28-25(30)36-16-23(32)29-27-15-5-7-17-6-1-4-10-22(17)31(34)35/h1-15H,16H2,(H,29,32)/b7-5+,27-15?. The second-order valence-electron chi connectivity index (χ2n) is 7.31. The summed E-state index contributed by atoms with van der Waals surface area (Å²) in [6.07, 6.45) is 4.32. The summed E-state index contributed by atoms with van der Waals surface area (Å²) in [6.45, 7) is 0. The molecule has 9 nitrogen and oxygen atoms in total. The van der Waals surface area contributed by atoms with Crippen LogP contribution in [0.1, 0.15) is 5.56 Å². The van der Waals surface area contributed by atoms with Gasteiger partial charge in [-0.2, -0.15) is 5.10 Å². The van der Waals surface area contributed by atoms with Gasteiger partial charge in [0.05, 0.1) is 32.8 Å². The Balaban J connectivity index is 1.47. The molecule has 4 rings (SSSR count). The van der Waals surface area contributed by atoms with Crippen molar-refractivity contribution in [3.05, 3.63) is 110 Å². The highest BCUT2D eigenvalue weighted by atomic mass is 35.5. The largest absolute Gasteiger partial charge is 0.276 e. The fourth-order valence-corrected chi connectivity index (χ4v) is 4.21. The Morgan fingerprint density at radius 1 is 1.11 bits per heavy atom. The molecule has 0 radical (unpaired) electrons. The third kappa shape index (κ3) is 5.85. The lowest BCUT2D eigenvalue weighted by Crippen LogP contribution is -2.24. The summed E-state index contributed by atoms with van der Waals surface area (Å²) in [5, 5.41) is 16.2. The Morgan fingerprint density at radius 3 is 2.61 bits per heavy atom. The van der Waals surface area contributed by atoms with Crippen LogP contribution in [-0.4, -0.2) is 32.3 Å². The van der Waals surface area contributed by atoms with Gasteiger partial charge in [-0.05, 0) is 54.6 Å². The van der Waals surface area contributed by atoms with Crippen LogP contribution in [0.15, 0.2) is 93.9 Å². The fraction of sp³-hybridized carbons (Fsp3) is 0.0400. The number of nitro groups is 1. The van der Waals surface area contributed by atoms with Gasteiger partial charge in [0.2, 0.25) is 0 Å². The molecule has 0 spiro atoms. The molecule has 0 aliphatic heterocycles. The predicted molar refractivity (Wildman–Crippen MR) is 142 cm³/mol. The molecule has 0 saturated heterocycles. The molecule has 0 aliphatic carbocycles. The number of fused-ring (bicyclic) bond motifs is 1. The molecule has 0 saturated carbocycles. The van der Waals surface area contributed by atoms with Crippen molar-refractivity contribution in [3.8, 4) is 5.69 Å². The first-order chi connectivity index (χ1) is 17.4. The van der Waals surface area contributed by atoms with Crippen molar-refractivity contribution in [1.82, 2.24) is 15.0 Å². The van der Waals surface area contributed by atoms with Gasteiger partial charge in [-0.15, -0.1) is 0 Å². The van der Waals surface area contributed by atoms with Crippen molar-refractivity contribution in [2.24, 2.45) is 5.10 Å². The zero-order valence-corrected chi connectivity index (χ0v) is 20.1. The molecule has 1 amide bonds. The molecule has 0 bridgehead atoms. The number of nitro benzene ring substituents is 1. The second-order valence-corrected chi connectivity index (χ2v) is 8.68. The van der Waals surface area contributed by atoms with Gasteiger partial charge in [-0.3, -0.25) is 24.3 Å². The number of carbonyl (C=O) groups is 1. The molecular weight excluding hydrogens is 502 g/mol. The van der Waals surface area contributed by atoms with Crippen molar-refractivity contribution in [1.29, 1.82) is 0 Å². The number of carbonyl (C=O) groups excluding carboxylic acids is 1. The van der Waals surface area contributed by atoms with E-state index in [2.05, 4.69) is 15.5 Å². The van der Waals surface area contributed by atoms with E-state index in [0.29, 0.717) is 32.3 Å². The van der Waals surface area contributed by atoms with E-state index in [1.54, 1.807) is 66.7 Å². The molecule has 0 unspecified atom stereocenters. The Labute approximate surface area is 214 Å². The highest BCUT2D eigenvalue weighted by molar-refractivity contribution is 7.99. The SMILES string of the molecule is O=C(CSc1nc2ccccc2c(=O)n1-c1ccc(Cl)cc1)NN=C/C=C/c1ccccc1[N+](=O)[O-]. The van der Waals surface area contributed by atoms with Crippen LogP contribution in [0.25, 0.3) is 22.7 Å². The highest BCUT2D eigenvalue weighted by Gasteiger charge is 2.15. The fourth-order valence-electron chi connectivity index (χ4n) is 3.28. The third-order valence-corrected chi connectivity index (χ3v) is 6.11. The number of amides is 1. The molecule has 11 heteroatoms. The van der Waals surface area contributed by atoms with Crippen LogP contribution in [0.3, 0.4) is 0 Å². The van der Waals surface area contributed by atoms with Gasteiger partial charge in [0.1, 0.15) is 0 Å². The van der Waals surface area contributed by atoms with E-state index in [0.717, 1.165) is 11.8 Å². The molecule has 1 N–H and O–H groups in total. The van der Waals surface area contributed by atoms with E-state index in [4.69, 9.17) is 11.6 Å². The normalized spacial score (nSPS) is 11.4. The Kier molecular flexibility index (Phi) is 7.89. The van der Waals surface area contributed by atoms with Gasteiger partial charge in [-0.1, -0.05) is 47.6 Å². The van der Waals surface area contributed by atoms with Crippen LogP contribution in [0, 0.1) is 10.1 Å². The number of nitrogens with zero attached hydrogens (tertiary/aromatic N) is 4. The molecule has 1 heterocycles. The minimum atomic E-state index is -0.472. The maximum absolute atomic E-state index is 13.2. The van der Waals surface area contributed by atoms with Crippen LogP contribution in [0.2, 0.25) is 5.02 Å². The Morgan fingerprint density at radius 2 is 1.83 bits per heavy atom. The zero-order valence-electron chi connectivity index (χ0n) is 18.6. The van der Waals surface area contributed by atoms with Crippen LogP contribution in [0.5, 0.6) is 0 Å². The third-order valence-electron chi connectivity index (χ3n) is 4.92. The summed E-state index contributed by atoms with van der Waals surface area (Å²) in [5.41, 5.74) is 3.61. The van der Waals surface area contributed by atoms with Gasteiger partial charge >= 0.3 is 0 Å². The molecule has 4 aromatic rings. The summed E-state index contributed by atoms with van der Waals surface area (Å²) in [7, 11) is 0. The minimum Gasteiger partial charge on any atom is -0.272 e. The molecule has 1 aromatic heterocycles. The van der Waals surface area contributed by atoms with Crippen LogP contribution < -0.4 is 11.0 Å². The first-order valence-corrected chi connectivity index (χ1v) is 11.9. The monoisotopic (exact) mass is 519 g/mol. The highest BCUT2D eigenvalue weighted by Crippen LogP contribution is 2.22. The lowest BCUT2D eigenvalue weighted by molar-refractivity contribution is -0.385. The van der Waals surface area contributed by atoms with Gasteiger partial charge in [0.15, 0.2) is 5.16 Å². The number of allylic oxidation sites excluding steroid dienone is 1. The number of para-hydroxylation sites is 2. The number of rotatable bonds is 8. The molecule has 180 valence electrons. The number of benzene rings is 3. The first kappa shape index (κ1) is 24.8. The lowest BCUT2D eigenvalue weighted by atomic mass is 10.2. The Hall–Kier alpha value is -4.28. The number of thioether (sulfide) groups is 1. The number of nitrogens with one attached hydrogen (secondary N) is 1. The average molecular weight is 520 g/mol. The quantitative estimate of drug-likeness (QED) is 0.117. The second kappa shape index (κ2) is 11.4. The van der Waals surface area contributed by atoms with E-state index in [1.165, 1.54) is 29.0 Å². The molecule has 3 aromatic carbocycles. The number of hydrogen-bond donors (Lipinski definition) is 1. The van der Waals surface area contributed by atoms with Crippen LogP contribution >= 0.6 is 23.4 Å². The van der Waals surface area contributed by atoms with E-state index in [-0.39, 0.29) is 17.0 Å². The van der Waals surface area contributed by atoms with Crippen molar-refractivity contribution in [3.63, 3.8) is 0 Å². The summed E-state index contributed by atoms with van der Waals surface area (Å²) >= 11 is 7.08. The van der Waals surface area contributed by atoms with E-state index >= 15 is 0 Å². The van der Waals surface area contributed by atoms with E-state index in [1.807, 2.05) is 0 Å². The minimum absolute atomic E-state index is 0.0304. The van der Waals surface area contributed by atoms with Crippen molar-refractivity contribution < 1.29 is 9.72 Å². The van der Waals surface area contributed by atoms with Crippen LogP contribution in [0.4, 0.5) is 5.69 Å². The number of halogens is 1. The summed E-state index contributed by atoms with van der Waals surface area (Å²) in [5.74, 6) is -0.468. The number of hydrazone groups is 1. The lowest BCUT2D eigenvalue weighted by Gasteiger charge is -2.13. The van der Waals surface area contributed by atoms with Crippen molar-refractivity contribution in [2.75, 3.05) is 5.75 Å². The molecule has 36 heavy (non-hydrogen) atoms. The van der Waals surface area contributed by atoms with E-state index in [9.17, 15) is 19.7 Å². The topological polar surface area (TPSA) is 119 Å². The maximum Gasteiger partial charge on any atom is 0.276 e. The van der Waals surface area contributed by atoms with Gasteiger partial charge in [0, 0.05) is 17.3 Å². The number of aromatic nitrogens is 2.